The fraction of sp³-hybridized carbons (Fsp3) is 0.333. The summed E-state index contributed by atoms with van der Waals surface area (Å²) in [6.07, 6.45) is 0. The molecule has 1 atom stereocenters. The molecule has 2 amide bonds. The highest BCUT2D eigenvalue weighted by atomic mass is 35.5. The molecule has 1 unspecified atom stereocenters. The third kappa shape index (κ3) is 5.94. The second-order valence-electron chi connectivity index (χ2n) is 10.9. The number of halogens is 3. The number of esters is 1. The first-order valence-electron chi connectivity index (χ1n) is 13.1. The monoisotopic (exact) mass is 600 g/mol. The molecular formula is C30H31Cl3N4O3. The molecule has 0 bridgehead atoms. The van der Waals surface area contributed by atoms with E-state index >= 15 is 0 Å². The van der Waals surface area contributed by atoms with Crippen LogP contribution in [0.2, 0.25) is 15.1 Å². The number of rotatable bonds is 5. The van der Waals surface area contributed by atoms with Crippen LogP contribution in [0.5, 0.6) is 0 Å². The minimum absolute atomic E-state index is 0.258. The zero-order chi connectivity index (χ0) is 28.6. The van der Waals surface area contributed by atoms with Crippen LogP contribution in [-0.2, 0) is 16.1 Å². The van der Waals surface area contributed by atoms with Crippen LogP contribution in [0.15, 0.2) is 60.7 Å². The molecule has 210 valence electrons. The van der Waals surface area contributed by atoms with Crippen LogP contribution in [0.3, 0.4) is 0 Å². The average Bonchev–Trinajstić information content (AvgIpc) is 2.90. The Morgan fingerprint density at radius 1 is 0.950 bits per heavy atom. The van der Waals surface area contributed by atoms with Gasteiger partial charge in [0, 0.05) is 35.8 Å². The van der Waals surface area contributed by atoms with E-state index in [-0.39, 0.29) is 12.0 Å². The number of anilines is 2. The van der Waals surface area contributed by atoms with E-state index in [2.05, 4.69) is 10.2 Å². The lowest BCUT2D eigenvalue weighted by atomic mass is 9.95. The summed E-state index contributed by atoms with van der Waals surface area (Å²) < 4.78 is 5.60. The fourth-order valence-electron chi connectivity index (χ4n) is 5.13. The summed E-state index contributed by atoms with van der Waals surface area (Å²) >= 11 is 19.9. The van der Waals surface area contributed by atoms with E-state index in [4.69, 9.17) is 39.5 Å². The lowest BCUT2D eigenvalue weighted by Crippen LogP contribution is -2.59. The molecule has 1 saturated heterocycles. The highest BCUT2D eigenvalue weighted by molar-refractivity contribution is 6.40. The fourth-order valence-corrected chi connectivity index (χ4v) is 5.93. The number of para-hydroxylation sites is 1. The van der Waals surface area contributed by atoms with Gasteiger partial charge in [-0.3, -0.25) is 14.6 Å². The van der Waals surface area contributed by atoms with Crippen molar-refractivity contribution in [3.63, 3.8) is 0 Å². The Morgan fingerprint density at radius 2 is 1.60 bits per heavy atom. The molecular weight excluding hydrogens is 571 g/mol. The molecule has 0 spiro atoms. The summed E-state index contributed by atoms with van der Waals surface area (Å²) in [6.45, 7) is 7.85. The summed E-state index contributed by atoms with van der Waals surface area (Å²) in [5.41, 5.74) is 3.24. The van der Waals surface area contributed by atoms with Gasteiger partial charge in [0.2, 0.25) is 0 Å². The predicted octanol–water partition coefficient (Wildman–Crippen LogP) is 6.96. The summed E-state index contributed by atoms with van der Waals surface area (Å²) in [6, 6.07) is 17.9. The van der Waals surface area contributed by atoms with Gasteiger partial charge in [0.05, 0.1) is 34.6 Å². The lowest BCUT2D eigenvalue weighted by molar-refractivity contribution is -0.158. The molecule has 5 rings (SSSR count). The van der Waals surface area contributed by atoms with Crippen LogP contribution in [0, 0.1) is 0 Å². The molecule has 0 aliphatic carbocycles. The van der Waals surface area contributed by atoms with Crippen LogP contribution in [0.4, 0.5) is 16.2 Å². The minimum atomic E-state index is -0.586. The summed E-state index contributed by atoms with van der Waals surface area (Å²) in [7, 11) is 0. The van der Waals surface area contributed by atoms with E-state index in [0.717, 1.165) is 16.7 Å². The van der Waals surface area contributed by atoms with Crippen molar-refractivity contribution >= 4 is 58.2 Å². The third-order valence-electron chi connectivity index (χ3n) is 6.85. The van der Waals surface area contributed by atoms with E-state index < -0.39 is 11.6 Å². The number of nitrogens with one attached hydrogen (secondary N) is 1. The molecule has 2 aliphatic rings. The van der Waals surface area contributed by atoms with E-state index in [1.54, 1.807) is 28.0 Å². The smallest absolute Gasteiger partial charge is 0.330 e. The summed E-state index contributed by atoms with van der Waals surface area (Å²) in [5, 5.41) is 4.59. The Balaban J connectivity index is 1.52. The van der Waals surface area contributed by atoms with E-state index in [1.807, 2.05) is 63.2 Å². The second-order valence-corrected chi connectivity index (χ2v) is 12.1. The second kappa shape index (κ2) is 11.6. The molecule has 40 heavy (non-hydrogen) atoms. The van der Waals surface area contributed by atoms with Gasteiger partial charge in [-0.15, -0.1) is 0 Å². The number of carbonyl (C=O) groups is 2. The van der Waals surface area contributed by atoms with Crippen LogP contribution < -0.4 is 10.2 Å². The van der Waals surface area contributed by atoms with Gasteiger partial charge >= 0.3 is 12.0 Å². The average molecular weight is 602 g/mol. The largest absolute Gasteiger partial charge is 0.459 e. The van der Waals surface area contributed by atoms with Gasteiger partial charge in [-0.05, 0) is 50.6 Å². The van der Waals surface area contributed by atoms with Crippen molar-refractivity contribution in [2.45, 2.75) is 39.0 Å². The molecule has 7 nitrogen and oxygen atoms in total. The highest BCUT2D eigenvalue weighted by Gasteiger charge is 2.37. The number of benzene rings is 3. The zero-order valence-corrected chi connectivity index (χ0v) is 24.9. The van der Waals surface area contributed by atoms with Crippen LogP contribution in [0.1, 0.15) is 26.3 Å². The molecule has 3 aromatic carbocycles. The maximum atomic E-state index is 14.2. The van der Waals surface area contributed by atoms with Crippen molar-refractivity contribution in [3.05, 3.63) is 81.3 Å². The lowest BCUT2D eigenvalue weighted by Gasteiger charge is -2.42. The summed E-state index contributed by atoms with van der Waals surface area (Å²) in [5.74, 6) is -0.307. The standard InChI is InChI=1S/C30H31Cl3N4O3/c1-30(2,3)40-28(38)25-17-35(15-14-34-25)18-36-16-21-19(20-8-4-5-10-22(20)31)9-6-13-26(21)37(29(36)39)27-23(32)11-7-12-24(27)33/h4-13,25,34H,14-18H2,1-3H3. The number of nitrogens with zero attached hydrogens (tertiary/aromatic N) is 3. The number of ether oxygens (including phenoxy) is 1. The molecule has 1 fully saturated rings. The molecule has 0 saturated carbocycles. The van der Waals surface area contributed by atoms with Crippen molar-refractivity contribution in [3.8, 4) is 11.1 Å². The minimum Gasteiger partial charge on any atom is -0.459 e. The van der Waals surface area contributed by atoms with Crippen molar-refractivity contribution in [1.82, 2.24) is 15.1 Å². The van der Waals surface area contributed by atoms with Gasteiger partial charge in [-0.2, -0.15) is 0 Å². The Labute approximate surface area is 249 Å². The van der Waals surface area contributed by atoms with Crippen molar-refractivity contribution in [1.29, 1.82) is 0 Å². The SMILES string of the molecule is CC(C)(C)OC(=O)C1CN(CN2Cc3c(-c4ccccc4Cl)cccc3N(c3c(Cl)cccc3Cl)C2=O)CCN1. The van der Waals surface area contributed by atoms with Crippen LogP contribution >= 0.6 is 34.8 Å². The van der Waals surface area contributed by atoms with Gasteiger partial charge in [-0.1, -0.05) is 71.2 Å². The highest BCUT2D eigenvalue weighted by Crippen LogP contribution is 2.45. The molecule has 2 aliphatic heterocycles. The number of fused-ring (bicyclic) bond motifs is 1. The Bertz CT molecular complexity index is 1420. The van der Waals surface area contributed by atoms with Crippen LogP contribution in [0.25, 0.3) is 11.1 Å². The predicted molar refractivity (Wildman–Crippen MR) is 161 cm³/mol. The quantitative estimate of drug-likeness (QED) is 0.320. The van der Waals surface area contributed by atoms with Gasteiger partial charge in [-0.25, -0.2) is 4.79 Å². The molecule has 10 heteroatoms. The molecule has 2 heterocycles. The molecule has 1 N–H and O–H groups in total. The number of hydrogen-bond acceptors (Lipinski definition) is 5. The summed E-state index contributed by atoms with van der Waals surface area (Å²) in [4.78, 5) is 32.4. The first-order chi connectivity index (χ1) is 19.0. The van der Waals surface area contributed by atoms with Gasteiger partial charge < -0.3 is 15.0 Å². The zero-order valence-electron chi connectivity index (χ0n) is 22.6. The normalized spacial score (nSPS) is 18.1. The van der Waals surface area contributed by atoms with Crippen molar-refractivity contribution < 1.29 is 14.3 Å². The van der Waals surface area contributed by atoms with E-state index in [1.165, 1.54) is 0 Å². The van der Waals surface area contributed by atoms with Gasteiger partial charge in [0.15, 0.2) is 0 Å². The third-order valence-corrected chi connectivity index (χ3v) is 7.79. The molecule has 3 aromatic rings. The van der Waals surface area contributed by atoms with Crippen LogP contribution in [-0.4, -0.2) is 59.7 Å². The molecule has 0 radical (unpaired) electrons. The van der Waals surface area contributed by atoms with Crippen molar-refractivity contribution in [2.24, 2.45) is 0 Å². The topological polar surface area (TPSA) is 65.1 Å². The number of urea groups is 1. The maximum absolute atomic E-state index is 14.2. The number of piperazine rings is 1. The first-order valence-corrected chi connectivity index (χ1v) is 14.3. The Hall–Kier alpha value is -2.81. The van der Waals surface area contributed by atoms with Gasteiger partial charge in [0.25, 0.3) is 0 Å². The number of carbonyl (C=O) groups excluding carboxylic acids is 2. The number of hydrogen-bond donors (Lipinski definition) is 1. The number of amides is 2. The molecule has 0 aromatic heterocycles. The van der Waals surface area contributed by atoms with Crippen molar-refractivity contribution in [2.75, 3.05) is 31.2 Å². The van der Waals surface area contributed by atoms with E-state index in [9.17, 15) is 9.59 Å². The Morgan fingerprint density at radius 3 is 2.30 bits per heavy atom. The van der Waals surface area contributed by atoms with E-state index in [0.29, 0.717) is 59.3 Å². The first kappa shape index (κ1) is 28.7. The maximum Gasteiger partial charge on any atom is 0.330 e. The van der Waals surface area contributed by atoms with Gasteiger partial charge in [0.1, 0.15) is 11.6 Å². The Kier molecular flexibility index (Phi) is 8.32.